The second-order valence-electron chi connectivity index (χ2n) is 7.17. The Hall–Kier alpha value is -3.40. The van der Waals surface area contributed by atoms with Crippen LogP contribution >= 0.6 is 0 Å². The predicted octanol–water partition coefficient (Wildman–Crippen LogP) is 4.72. The van der Waals surface area contributed by atoms with Crippen LogP contribution in [0.2, 0.25) is 0 Å². The van der Waals surface area contributed by atoms with Crippen LogP contribution in [0.15, 0.2) is 97.8 Å². The van der Waals surface area contributed by atoms with E-state index in [1.165, 1.54) is 11.1 Å². The minimum atomic E-state index is 0.261. The maximum absolute atomic E-state index is 4.72. The SMILES string of the molecule is c1ccc(C2C(c3ccncc3)C(c3ccncc3)C2c2ccccn2)nc1. The van der Waals surface area contributed by atoms with E-state index in [-0.39, 0.29) is 11.8 Å². The minimum Gasteiger partial charge on any atom is -0.265 e. The Morgan fingerprint density at radius 1 is 0.429 bits per heavy atom. The number of rotatable bonds is 4. The second kappa shape index (κ2) is 7.31. The lowest BCUT2D eigenvalue weighted by Crippen LogP contribution is -2.40. The Kier molecular flexibility index (Phi) is 4.37. The van der Waals surface area contributed by atoms with E-state index in [1.54, 1.807) is 0 Å². The first-order chi connectivity index (χ1) is 13.9. The van der Waals surface area contributed by atoms with Crippen LogP contribution in [-0.4, -0.2) is 19.9 Å². The van der Waals surface area contributed by atoms with Gasteiger partial charge in [-0.1, -0.05) is 12.1 Å². The highest BCUT2D eigenvalue weighted by Gasteiger charge is 2.53. The normalized spacial score (nSPS) is 23.7. The van der Waals surface area contributed by atoms with Crippen LogP contribution in [0.25, 0.3) is 0 Å². The largest absolute Gasteiger partial charge is 0.265 e. The quantitative estimate of drug-likeness (QED) is 0.526. The number of nitrogens with zero attached hydrogens (tertiary/aromatic N) is 4. The molecular weight excluding hydrogens is 344 g/mol. The molecule has 4 aromatic rings. The average molecular weight is 364 g/mol. The molecule has 1 fully saturated rings. The molecule has 136 valence electrons. The fourth-order valence-electron chi connectivity index (χ4n) is 4.63. The summed E-state index contributed by atoms with van der Waals surface area (Å²) in [6, 6.07) is 20.9. The maximum atomic E-state index is 4.72. The molecule has 4 heteroatoms. The molecule has 0 radical (unpaired) electrons. The fraction of sp³-hybridized carbons (Fsp3) is 0.167. The summed E-state index contributed by atoms with van der Waals surface area (Å²) in [6.07, 6.45) is 11.3. The Morgan fingerprint density at radius 2 is 0.857 bits per heavy atom. The van der Waals surface area contributed by atoms with E-state index in [9.17, 15) is 0 Å². The fourth-order valence-corrected chi connectivity index (χ4v) is 4.63. The van der Waals surface area contributed by atoms with Gasteiger partial charge in [-0.25, -0.2) is 0 Å². The van der Waals surface area contributed by atoms with Crippen molar-refractivity contribution < 1.29 is 0 Å². The molecule has 0 spiro atoms. The summed E-state index contributed by atoms with van der Waals surface area (Å²) >= 11 is 0. The van der Waals surface area contributed by atoms with E-state index in [2.05, 4.69) is 58.5 Å². The first-order valence-corrected chi connectivity index (χ1v) is 9.55. The van der Waals surface area contributed by atoms with Gasteiger partial charge in [-0.3, -0.25) is 19.9 Å². The molecule has 4 unspecified atom stereocenters. The van der Waals surface area contributed by atoms with Crippen molar-refractivity contribution in [3.8, 4) is 0 Å². The molecule has 1 aliphatic carbocycles. The third kappa shape index (κ3) is 2.87. The van der Waals surface area contributed by atoms with E-state index in [0.29, 0.717) is 11.8 Å². The van der Waals surface area contributed by atoms with Crippen LogP contribution in [0.4, 0.5) is 0 Å². The zero-order chi connectivity index (χ0) is 18.8. The van der Waals surface area contributed by atoms with Gasteiger partial charge >= 0.3 is 0 Å². The van der Waals surface area contributed by atoms with Crippen LogP contribution in [-0.2, 0) is 0 Å². The molecule has 1 aliphatic rings. The Morgan fingerprint density at radius 3 is 1.21 bits per heavy atom. The van der Waals surface area contributed by atoms with Crippen molar-refractivity contribution in [3.63, 3.8) is 0 Å². The van der Waals surface area contributed by atoms with Crippen LogP contribution in [0.1, 0.15) is 46.2 Å². The first kappa shape index (κ1) is 16.8. The van der Waals surface area contributed by atoms with Crippen LogP contribution in [0.5, 0.6) is 0 Å². The summed E-state index contributed by atoms with van der Waals surface area (Å²) in [6.45, 7) is 0. The van der Waals surface area contributed by atoms with Crippen molar-refractivity contribution in [3.05, 3.63) is 120 Å². The van der Waals surface area contributed by atoms with Crippen molar-refractivity contribution in [2.45, 2.75) is 23.7 Å². The van der Waals surface area contributed by atoms with Crippen molar-refractivity contribution in [1.82, 2.24) is 19.9 Å². The highest BCUT2D eigenvalue weighted by atomic mass is 14.8. The molecule has 4 atom stereocenters. The van der Waals surface area contributed by atoms with Gasteiger partial charge in [0, 0.05) is 72.2 Å². The lowest BCUT2D eigenvalue weighted by atomic mass is 9.50. The Balaban J connectivity index is 1.67. The van der Waals surface area contributed by atoms with Gasteiger partial charge in [0.05, 0.1) is 0 Å². The van der Waals surface area contributed by atoms with Crippen molar-refractivity contribution in [2.75, 3.05) is 0 Å². The number of hydrogen-bond acceptors (Lipinski definition) is 4. The number of hydrogen-bond donors (Lipinski definition) is 0. The Bertz CT molecular complexity index is 841. The molecule has 0 amide bonds. The van der Waals surface area contributed by atoms with Crippen molar-refractivity contribution >= 4 is 0 Å². The van der Waals surface area contributed by atoms with E-state index >= 15 is 0 Å². The van der Waals surface area contributed by atoms with Crippen molar-refractivity contribution in [2.24, 2.45) is 0 Å². The van der Waals surface area contributed by atoms with Gasteiger partial charge in [0.25, 0.3) is 0 Å². The zero-order valence-electron chi connectivity index (χ0n) is 15.3. The summed E-state index contributed by atoms with van der Waals surface area (Å²) in [5.41, 5.74) is 4.81. The lowest BCUT2D eigenvalue weighted by Gasteiger charge is -2.52. The van der Waals surface area contributed by atoms with Crippen LogP contribution in [0.3, 0.4) is 0 Å². The van der Waals surface area contributed by atoms with Gasteiger partial charge in [0.15, 0.2) is 0 Å². The third-order valence-electron chi connectivity index (χ3n) is 5.79. The number of pyridine rings is 4. The molecule has 0 N–H and O–H groups in total. The lowest BCUT2D eigenvalue weighted by molar-refractivity contribution is 0.220. The zero-order valence-corrected chi connectivity index (χ0v) is 15.3. The molecular formula is C24H20N4. The second-order valence-corrected chi connectivity index (χ2v) is 7.17. The highest BCUT2D eigenvalue weighted by molar-refractivity contribution is 5.44. The standard InChI is InChI=1S/C24H20N4/c1-3-11-27-19(5-1)23-21(17-7-13-25-14-8-17)22(18-9-15-26-16-10-18)24(23)20-6-2-4-12-28-20/h1-16,21-24H. The van der Waals surface area contributed by atoms with Crippen molar-refractivity contribution in [1.29, 1.82) is 0 Å². The molecule has 0 bridgehead atoms. The van der Waals surface area contributed by atoms with Gasteiger partial charge in [0.1, 0.15) is 0 Å². The molecule has 1 saturated carbocycles. The summed E-state index contributed by atoms with van der Waals surface area (Å²) in [5, 5.41) is 0. The van der Waals surface area contributed by atoms with Gasteiger partial charge in [0.2, 0.25) is 0 Å². The minimum absolute atomic E-state index is 0.261. The molecule has 28 heavy (non-hydrogen) atoms. The highest BCUT2D eigenvalue weighted by Crippen LogP contribution is 2.65. The summed E-state index contributed by atoms with van der Waals surface area (Å²) < 4.78 is 0. The molecule has 0 aromatic carbocycles. The van der Waals surface area contributed by atoms with Crippen LogP contribution in [0, 0.1) is 0 Å². The Labute approximate surface area is 164 Å². The summed E-state index contributed by atoms with van der Waals surface area (Å²) in [7, 11) is 0. The molecule has 0 saturated heterocycles. The molecule has 4 aromatic heterocycles. The topological polar surface area (TPSA) is 51.6 Å². The van der Waals surface area contributed by atoms with Gasteiger partial charge in [-0.05, 0) is 59.7 Å². The van der Waals surface area contributed by atoms with E-state index in [1.807, 2.05) is 49.3 Å². The average Bonchev–Trinajstić information content (AvgIpc) is 2.76. The molecule has 4 nitrogen and oxygen atoms in total. The molecule has 0 aliphatic heterocycles. The first-order valence-electron chi connectivity index (χ1n) is 9.55. The van der Waals surface area contributed by atoms with E-state index in [4.69, 9.17) is 9.97 Å². The smallest absolute Gasteiger partial charge is 0.0447 e. The van der Waals surface area contributed by atoms with Gasteiger partial charge < -0.3 is 0 Å². The summed E-state index contributed by atoms with van der Waals surface area (Å²) in [4.78, 5) is 17.9. The monoisotopic (exact) mass is 364 g/mol. The van der Waals surface area contributed by atoms with Gasteiger partial charge in [-0.15, -0.1) is 0 Å². The maximum Gasteiger partial charge on any atom is 0.0447 e. The third-order valence-corrected chi connectivity index (χ3v) is 5.79. The van der Waals surface area contributed by atoms with Gasteiger partial charge in [-0.2, -0.15) is 0 Å². The van der Waals surface area contributed by atoms with E-state index in [0.717, 1.165) is 11.4 Å². The predicted molar refractivity (Wildman–Crippen MR) is 108 cm³/mol. The number of aromatic nitrogens is 4. The molecule has 5 rings (SSSR count). The summed E-state index contributed by atoms with van der Waals surface area (Å²) in [5.74, 6) is 1.15. The van der Waals surface area contributed by atoms with E-state index < -0.39 is 0 Å². The van der Waals surface area contributed by atoms with Crippen LogP contribution < -0.4 is 0 Å². The molecule has 4 heterocycles.